The Balaban J connectivity index is 1.79. The summed E-state index contributed by atoms with van der Waals surface area (Å²) in [5.41, 5.74) is 1.87. The molecule has 2 aliphatic rings. The lowest BCUT2D eigenvalue weighted by Crippen LogP contribution is -2.55. The number of aromatic nitrogens is 2. The van der Waals surface area contributed by atoms with Crippen LogP contribution < -0.4 is 14.5 Å². The van der Waals surface area contributed by atoms with Gasteiger partial charge in [-0.05, 0) is 31.4 Å². The Morgan fingerprint density at radius 2 is 2.07 bits per heavy atom. The summed E-state index contributed by atoms with van der Waals surface area (Å²) in [7, 11) is 1.77. The molecule has 2 aromatic rings. The maximum atomic E-state index is 13.0. The molecule has 1 aromatic heterocycles. The van der Waals surface area contributed by atoms with Gasteiger partial charge in [0.25, 0.3) is 0 Å². The van der Waals surface area contributed by atoms with Crippen molar-refractivity contribution >= 4 is 34.4 Å². The number of carbonyl (C=O) groups excluding carboxylic acids is 1. The van der Waals surface area contributed by atoms with Crippen molar-refractivity contribution in [1.82, 2.24) is 9.97 Å². The first-order valence-corrected chi connectivity index (χ1v) is 11.0. The highest BCUT2D eigenvalue weighted by atomic mass is 32.2. The molecule has 2 heterocycles. The Morgan fingerprint density at radius 1 is 1.31 bits per heavy atom. The van der Waals surface area contributed by atoms with Crippen LogP contribution in [0, 0.1) is 0 Å². The molecule has 0 radical (unpaired) electrons. The summed E-state index contributed by atoms with van der Waals surface area (Å²) in [6, 6.07) is 7.04. The third-order valence-electron chi connectivity index (χ3n) is 5.73. The Kier molecular flexibility index (Phi) is 5.51. The number of rotatable bonds is 5. The van der Waals surface area contributed by atoms with Gasteiger partial charge in [0.2, 0.25) is 5.91 Å². The molecular formula is C20H24N5O3S-. The third-order valence-corrected chi connectivity index (χ3v) is 6.14. The molecule has 1 aromatic carbocycles. The molecule has 1 N–H and O–H groups in total. The van der Waals surface area contributed by atoms with Crippen molar-refractivity contribution in [2.75, 3.05) is 21.6 Å². The summed E-state index contributed by atoms with van der Waals surface area (Å²) in [5.74, 6) is 1.36. The van der Waals surface area contributed by atoms with E-state index in [1.165, 1.54) is 0 Å². The standard InChI is InChI=1S/C20H25N5O3S/c1-3-16-20(26)24(2)17-12-21-18(13-7-6-8-14(11-13)23-29(27)28)22-19(17)25(16)15-9-4-5-10-15/h6-8,11-12,15-16,23H,3-5,9-10H2,1-2H3,(H,27,28)/p-1. The molecule has 1 saturated carbocycles. The van der Waals surface area contributed by atoms with Crippen LogP contribution in [0.1, 0.15) is 39.0 Å². The minimum absolute atomic E-state index is 0.0763. The fourth-order valence-electron chi connectivity index (χ4n) is 4.34. The maximum Gasteiger partial charge on any atom is 0.249 e. The van der Waals surface area contributed by atoms with Gasteiger partial charge in [0.15, 0.2) is 11.6 Å². The molecule has 4 rings (SSSR count). The number of hydrogen-bond acceptors (Lipinski definition) is 6. The predicted molar refractivity (Wildman–Crippen MR) is 112 cm³/mol. The average molecular weight is 415 g/mol. The number of nitrogens with one attached hydrogen (secondary N) is 1. The van der Waals surface area contributed by atoms with Crippen LogP contribution in [-0.2, 0) is 16.1 Å². The quantitative estimate of drug-likeness (QED) is 0.755. The average Bonchev–Trinajstić information content (AvgIpc) is 3.24. The maximum absolute atomic E-state index is 13.0. The number of fused-ring (bicyclic) bond motifs is 1. The topological polar surface area (TPSA) is 101 Å². The van der Waals surface area contributed by atoms with Gasteiger partial charge in [0.1, 0.15) is 11.7 Å². The van der Waals surface area contributed by atoms with Crippen LogP contribution >= 0.6 is 0 Å². The molecule has 0 spiro atoms. The van der Waals surface area contributed by atoms with Gasteiger partial charge in [-0.25, -0.2) is 9.97 Å². The van der Waals surface area contributed by atoms with E-state index in [-0.39, 0.29) is 11.9 Å². The van der Waals surface area contributed by atoms with Crippen molar-refractivity contribution in [2.24, 2.45) is 0 Å². The van der Waals surface area contributed by atoms with Crippen LogP contribution in [0.25, 0.3) is 11.4 Å². The SMILES string of the molecule is CCC1C(=O)N(C)c2cnc(-c3cccc(NS(=O)[O-])c3)nc2N1C1CCCC1. The summed E-state index contributed by atoms with van der Waals surface area (Å²) in [4.78, 5) is 26.1. The molecule has 1 aliphatic heterocycles. The molecule has 2 unspecified atom stereocenters. The summed E-state index contributed by atoms with van der Waals surface area (Å²) in [6.45, 7) is 2.03. The van der Waals surface area contributed by atoms with E-state index in [0.29, 0.717) is 35.2 Å². The van der Waals surface area contributed by atoms with E-state index in [4.69, 9.17) is 4.98 Å². The van der Waals surface area contributed by atoms with Gasteiger partial charge in [-0.15, -0.1) is 0 Å². The highest BCUT2D eigenvalue weighted by Crippen LogP contribution is 2.40. The molecule has 0 saturated heterocycles. The first-order valence-electron chi connectivity index (χ1n) is 9.89. The number of hydrogen-bond donors (Lipinski definition) is 1. The Labute approximate surface area is 172 Å². The smallest absolute Gasteiger partial charge is 0.249 e. The molecule has 0 bridgehead atoms. The van der Waals surface area contributed by atoms with E-state index >= 15 is 0 Å². The van der Waals surface area contributed by atoms with Crippen molar-refractivity contribution in [2.45, 2.75) is 51.1 Å². The zero-order chi connectivity index (χ0) is 20.5. The van der Waals surface area contributed by atoms with Crippen LogP contribution in [0.5, 0.6) is 0 Å². The summed E-state index contributed by atoms with van der Waals surface area (Å²) in [6.07, 6.45) is 6.84. The monoisotopic (exact) mass is 414 g/mol. The van der Waals surface area contributed by atoms with Gasteiger partial charge in [-0.2, -0.15) is 0 Å². The van der Waals surface area contributed by atoms with Crippen molar-refractivity contribution in [3.63, 3.8) is 0 Å². The first kappa shape index (κ1) is 19.8. The van der Waals surface area contributed by atoms with E-state index in [9.17, 15) is 13.6 Å². The zero-order valence-corrected chi connectivity index (χ0v) is 17.3. The van der Waals surface area contributed by atoms with Crippen LogP contribution in [0.15, 0.2) is 30.5 Å². The lowest BCUT2D eigenvalue weighted by Gasteiger charge is -2.43. The molecule has 29 heavy (non-hydrogen) atoms. The Morgan fingerprint density at radius 3 is 2.76 bits per heavy atom. The lowest BCUT2D eigenvalue weighted by atomic mass is 10.0. The number of benzene rings is 1. The molecule has 1 amide bonds. The van der Waals surface area contributed by atoms with Gasteiger partial charge < -0.3 is 19.1 Å². The molecule has 1 fully saturated rings. The van der Waals surface area contributed by atoms with Crippen LogP contribution in [0.2, 0.25) is 0 Å². The highest BCUT2D eigenvalue weighted by Gasteiger charge is 2.41. The summed E-state index contributed by atoms with van der Waals surface area (Å²) in [5, 5.41) is 0. The molecule has 8 nitrogen and oxygen atoms in total. The van der Waals surface area contributed by atoms with Gasteiger partial charge >= 0.3 is 0 Å². The summed E-state index contributed by atoms with van der Waals surface area (Å²) >= 11 is -2.40. The number of carbonyl (C=O) groups is 1. The van der Waals surface area contributed by atoms with E-state index in [2.05, 4.69) is 14.6 Å². The molecule has 154 valence electrons. The van der Waals surface area contributed by atoms with E-state index in [1.807, 2.05) is 13.0 Å². The zero-order valence-electron chi connectivity index (χ0n) is 16.5. The van der Waals surface area contributed by atoms with Crippen molar-refractivity contribution in [1.29, 1.82) is 0 Å². The van der Waals surface area contributed by atoms with Crippen LogP contribution in [-0.4, -0.2) is 43.8 Å². The Hall–Kier alpha value is -2.52. The van der Waals surface area contributed by atoms with Crippen LogP contribution in [0.4, 0.5) is 17.2 Å². The summed E-state index contributed by atoms with van der Waals surface area (Å²) < 4.78 is 24.3. The van der Waals surface area contributed by atoms with Gasteiger partial charge in [-0.1, -0.05) is 31.9 Å². The molecular weight excluding hydrogens is 390 g/mol. The van der Waals surface area contributed by atoms with Crippen molar-refractivity contribution in [3.05, 3.63) is 30.5 Å². The molecule has 1 aliphatic carbocycles. The lowest BCUT2D eigenvalue weighted by molar-refractivity contribution is -0.120. The fraction of sp³-hybridized carbons (Fsp3) is 0.450. The minimum atomic E-state index is -2.40. The predicted octanol–water partition coefficient (Wildman–Crippen LogP) is 2.85. The number of anilines is 3. The number of amides is 1. The largest absolute Gasteiger partial charge is 0.755 e. The first-order chi connectivity index (χ1) is 14.0. The second-order valence-electron chi connectivity index (χ2n) is 7.49. The highest BCUT2D eigenvalue weighted by molar-refractivity contribution is 7.80. The Bertz CT molecular complexity index is 947. The third kappa shape index (κ3) is 3.72. The fourth-order valence-corrected chi connectivity index (χ4v) is 4.66. The van der Waals surface area contributed by atoms with E-state index < -0.39 is 11.3 Å². The number of likely N-dealkylation sites (N-methyl/N-ethyl adjacent to an activating group) is 1. The second kappa shape index (κ2) is 8.08. The van der Waals surface area contributed by atoms with Gasteiger partial charge in [0.05, 0.1) is 6.20 Å². The molecule has 2 atom stereocenters. The molecule has 9 heteroatoms. The van der Waals surface area contributed by atoms with Gasteiger partial charge in [-0.3, -0.25) is 9.00 Å². The number of nitrogens with zero attached hydrogens (tertiary/aromatic N) is 4. The van der Waals surface area contributed by atoms with Crippen molar-refractivity contribution < 1.29 is 13.6 Å². The minimum Gasteiger partial charge on any atom is -0.755 e. The van der Waals surface area contributed by atoms with Crippen LogP contribution in [0.3, 0.4) is 0 Å². The van der Waals surface area contributed by atoms with E-state index in [0.717, 1.165) is 31.5 Å². The van der Waals surface area contributed by atoms with E-state index in [1.54, 1.807) is 36.3 Å². The normalized spacial score (nSPS) is 20.7. The second-order valence-corrected chi connectivity index (χ2v) is 8.16. The van der Waals surface area contributed by atoms with Crippen molar-refractivity contribution in [3.8, 4) is 11.4 Å². The van der Waals surface area contributed by atoms with Gasteiger partial charge in [0, 0.05) is 35.6 Å².